The van der Waals surface area contributed by atoms with Crippen LogP contribution in [0.2, 0.25) is 0 Å². The fourth-order valence-electron chi connectivity index (χ4n) is 0.817. The Balaban J connectivity index is 3.85. The third kappa shape index (κ3) is 4.20. The highest BCUT2D eigenvalue weighted by Crippen LogP contribution is 2.21. The minimum absolute atomic E-state index is 0.00910. The van der Waals surface area contributed by atoms with Crippen molar-refractivity contribution in [3.8, 4) is 0 Å². The maximum absolute atomic E-state index is 9.03. The van der Waals surface area contributed by atoms with Crippen LogP contribution in [0.5, 0.6) is 0 Å². The van der Waals surface area contributed by atoms with Gasteiger partial charge < -0.3 is 5.11 Å². The molecule has 0 heterocycles. The second-order valence-corrected chi connectivity index (χ2v) is 3.36. The Morgan fingerprint density at radius 2 is 2.00 bits per heavy atom. The van der Waals surface area contributed by atoms with Crippen LogP contribution >= 0.6 is 0 Å². The molecule has 1 N–H and O–H groups in total. The number of hydrogen-bond donors (Lipinski definition) is 1. The summed E-state index contributed by atoms with van der Waals surface area (Å²) in [4.78, 5) is 0. The summed E-state index contributed by atoms with van der Waals surface area (Å²) in [5.41, 5.74) is 0.00910. The van der Waals surface area contributed by atoms with Gasteiger partial charge in [-0.15, -0.1) is 0 Å². The zero-order chi connectivity index (χ0) is 8.74. The van der Waals surface area contributed by atoms with E-state index in [1.54, 1.807) is 0 Å². The van der Waals surface area contributed by atoms with Gasteiger partial charge in [0.2, 0.25) is 0 Å². The SMILES string of the molecule is CCCC=CC(C)(CC)CO. The molecule has 0 saturated heterocycles. The Morgan fingerprint density at radius 1 is 1.36 bits per heavy atom. The zero-order valence-electron chi connectivity index (χ0n) is 7.93. The van der Waals surface area contributed by atoms with Gasteiger partial charge in [0.15, 0.2) is 0 Å². The summed E-state index contributed by atoms with van der Waals surface area (Å²) in [6.45, 7) is 6.60. The largest absolute Gasteiger partial charge is 0.395 e. The van der Waals surface area contributed by atoms with Crippen LogP contribution < -0.4 is 0 Å². The molecule has 0 aromatic rings. The molecule has 11 heavy (non-hydrogen) atoms. The van der Waals surface area contributed by atoms with Gasteiger partial charge in [-0.1, -0.05) is 39.3 Å². The van der Waals surface area contributed by atoms with Crippen molar-refractivity contribution < 1.29 is 5.11 Å². The highest BCUT2D eigenvalue weighted by molar-refractivity contribution is 4.96. The smallest absolute Gasteiger partial charge is 0.0519 e. The number of allylic oxidation sites excluding steroid dienone is 1. The van der Waals surface area contributed by atoms with Crippen LogP contribution in [-0.2, 0) is 0 Å². The Kier molecular flexibility index (Phi) is 5.22. The van der Waals surface area contributed by atoms with Gasteiger partial charge in [-0.2, -0.15) is 0 Å². The predicted octanol–water partition coefficient (Wildman–Crippen LogP) is 2.75. The molecule has 0 fully saturated rings. The normalized spacial score (nSPS) is 17.1. The standard InChI is InChI=1S/C10H20O/c1-4-6-7-8-10(3,5-2)9-11/h7-8,11H,4-6,9H2,1-3H3. The molecule has 1 nitrogen and oxygen atoms in total. The van der Waals surface area contributed by atoms with Crippen molar-refractivity contribution in [3.63, 3.8) is 0 Å². The van der Waals surface area contributed by atoms with Gasteiger partial charge in [-0.05, 0) is 12.8 Å². The third-order valence-electron chi connectivity index (χ3n) is 2.14. The van der Waals surface area contributed by atoms with Crippen molar-refractivity contribution in [1.82, 2.24) is 0 Å². The topological polar surface area (TPSA) is 20.2 Å². The number of hydrogen-bond acceptors (Lipinski definition) is 1. The summed E-state index contributed by atoms with van der Waals surface area (Å²) >= 11 is 0. The van der Waals surface area contributed by atoms with Crippen LogP contribution in [0, 0.1) is 5.41 Å². The predicted molar refractivity (Wildman–Crippen MR) is 49.5 cm³/mol. The van der Waals surface area contributed by atoms with Crippen LogP contribution in [0.4, 0.5) is 0 Å². The van der Waals surface area contributed by atoms with Gasteiger partial charge in [0, 0.05) is 5.41 Å². The van der Waals surface area contributed by atoms with Gasteiger partial charge in [-0.3, -0.25) is 0 Å². The first-order valence-corrected chi connectivity index (χ1v) is 4.47. The van der Waals surface area contributed by atoms with Crippen molar-refractivity contribution in [3.05, 3.63) is 12.2 Å². The van der Waals surface area contributed by atoms with Crippen LogP contribution in [0.15, 0.2) is 12.2 Å². The van der Waals surface area contributed by atoms with Gasteiger partial charge >= 0.3 is 0 Å². The van der Waals surface area contributed by atoms with Gasteiger partial charge in [0.25, 0.3) is 0 Å². The first kappa shape index (κ1) is 10.7. The summed E-state index contributed by atoms with van der Waals surface area (Å²) in [6, 6.07) is 0. The van der Waals surface area contributed by atoms with Crippen LogP contribution in [0.3, 0.4) is 0 Å². The van der Waals surface area contributed by atoms with E-state index in [0.29, 0.717) is 0 Å². The van der Waals surface area contributed by atoms with E-state index in [4.69, 9.17) is 5.11 Å². The van der Waals surface area contributed by atoms with E-state index >= 15 is 0 Å². The summed E-state index contributed by atoms with van der Waals surface area (Å²) in [6.07, 6.45) is 7.61. The van der Waals surface area contributed by atoms with E-state index in [9.17, 15) is 0 Å². The monoisotopic (exact) mass is 156 g/mol. The van der Waals surface area contributed by atoms with E-state index in [2.05, 4.69) is 32.9 Å². The molecule has 0 aliphatic heterocycles. The zero-order valence-corrected chi connectivity index (χ0v) is 7.93. The molecular weight excluding hydrogens is 136 g/mol. The average molecular weight is 156 g/mol. The van der Waals surface area contributed by atoms with E-state index < -0.39 is 0 Å². The van der Waals surface area contributed by atoms with E-state index in [-0.39, 0.29) is 12.0 Å². The van der Waals surface area contributed by atoms with Crippen molar-refractivity contribution in [2.45, 2.75) is 40.0 Å². The second kappa shape index (κ2) is 5.36. The van der Waals surface area contributed by atoms with Crippen molar-refractivity contribution >= 4 is 0 Å². The minimum atomic E-state index is 0.00910. The lowest BCUT2D eigenvalue weighted by Gasteiger charge is -2.20. The molecular formula is C10H20O. The lowest BCUT2D eigenvalue weighted by molar-refractivity contribution is 0.180. The molecule has 0 amide bonds. The molecule has 66 valence electrons. The van der Waals surface area contributed by atoms with Crippen LogP contribution in [-0.4, -0.2) is 11.7 Å². The van der Waals surface area contributed by atoms with Crippen LogP contribution in [0.1, 0.15) is 40.0 Å². The molecule has 0 saturated carbocycles. The maximum Gasteiger partial charge on any atom is 0.0519 e. The third-order valence-corrected chi connectivity index (χ3v) is 2.14. The molecule has 0 aromatic carbocycles. The molecule has 0 aromatic heterocycles. The molecule has 1 heteroatoms. The number of unbranched alkanes of at least 4 members (excludes halogenated alkanes) is 1. The quantitative estimate of drug-likeness (QED) is 0.607. The highest BCUT2D eigenvalue weighted by Gasteiger charge is 2.15. The molecule has 0 spiro atoms. The molecule has 1 unspecified atom stereocenters. The van der Waals surface area contributed by atoms with Crippen molar-refractivity contribution in [2.75, 3.05) is 6.61 Å². The fraction of sp³-hybridized carbons (Fsp3) is 0.800. The van der Waals surface area contributed by atoms with Crippen molar-refractivity contribution in [2.24, 2.45) is 5.41 Å². The lowest BCUT2D eigenvalue weighted by atomic mass is 9.88. The molecule has 1 atom stereocenters. The number of rotatable bonds is 5. The van der Waals surface area contributed by atoms with Crippen molar-refractivity contribution in [1.29, 1.82) is 0 Å². The van der Waals surface area contributed by atoms with Gasteiger partial charge in [-0.25, -0.2) is 0 Å². The van der Waals surface area contributed by atoms with Gasteiger partial charge in [0.1, 0.15) is 0 Å². The second-order valence-electron chi connectivity index (χ2n) is 3.36. The Labute approximate surface area is 70.1 Å². The number of aliphatic hydroxyl groups excluding tert-OH is 1. The summed E-state index contributed by atoms with van der Waals surface area (Å²) < 4.78 is 0. The van der Waals surface area contributed by atoms with E-state index in [1.165, 1.54) is 6.42 Å². The maximum atomic E-state index is 9.03. The minimum Gasteiger partial charge on any atom is -0.395 e. The first-order chi connectivity index (χ1) is 5.18. The lowest BCUT2D eigenvalue weighted by Crippen LogP contribution is -2.16. The summed E-state index contributed by atoms with van der Waals surface area (Å²) in [5, 5.41) is 9.03. The molecule has 0 rings (SSSR count). The van der Waals surface area contributed by atoms with Crippen LogP contribution in [0.25, 0.3) is 0 Å². The summed E-state index contributed by atoms with van der Waals surface area (Å²) in [5.74, 6) is 0. The highest BCUT2D eigenvalue weighted by atomic mass is 16.3. The van der Waals surface area contributed by atoms with E-state index in [0.717, 1.165) is 12.8 Å². The molecule has 0 radical (unpaired) electrons. The first-order valence-electron chi connectivity index (χ1n) is 4.47. The number of aliphatic hydroxyl groups is 1. The Morgan fingerprint density at radius 3 is 2.36 bits per heavy atom. The molecule has 0 bridgehead atoms. The Bertz CT molecular complexity index is 112. The molecule has 0 aliphatic carbocycles. The summed E-state index contributed by atoms with van der Waals surface area (Å²) in [7, 11) is 0. The fourth-order valence-corrected chi connectivity index (χ4v) is 0.817. The van der Waals surface area contributed by atoms with Gasteiger partial charge in [0.05, 0.1) is 6.61 Å². The Hall–Kier alpha value is -0.300. The van der Waals surface area contributed by atoms with E-state index in [1.807, 2.05) is 0 Å². The molecule has 0 aliphatic rings. The average Bonchev–Trinajstić information content (AvgIpc) is 2.05.